The Labute approximate surface area is 165 Å². The second kappa shape index (κ2) is 8.38. The molecular formula is C21H19F3N2O3. The fourth-order valence-corrected chi connectivity index (χ4v) is 2.86. The summed E-state index contributed by atoms with van der Waals surface area (Å²) >= 11 is 0. The van der Waals surface area contributed by atoms with Gasteiger partial charge in [0.1, 0.15) is 11.3 Å². The molecule has 5 nitrogen and oxygen atoms in total. The van der Waals surface area contributed by atoms with Crippen molar-refractivity contribution in [2.24, 2.45) is 0 Å². The van der Waals surface area contributed by atoms with Gasteiger partial charge in [0.05, 0.1) is 30.5 Å². The van der Waals surface area contributed by atoms with E-state index < -0.39 is 17.7 Å². The Bertz CT molecular complexity index is 1020. The van der Waals surface area contributed by atoms with E-state index in [0.717, 1.165) is 17.7 Å². The summed E-state index contributed by atoms with van der Waals surface area (Å²) in [5, 5.41) is 3.54. The Morgan fingerprint density at radius 3 is 2.48 bits per heavy atom. The van der Waals surface area contributed by atoms with Crippen molar-refractivity contribution in [1.82, 2.24) is 4.98 Å². The number of hydrogen-bond acceptors (Lipinski definition) is 5. The smallest absolute Gasteiger partial charge is 0.416 e. The third kappa shape index (κ3) is 4.59. The molecule has 0 aliphatic rings. The lowest BCUT2D eigenvalue weighted by Crippen LogP contribution is -2.12. The highest BCUT2D eigenvalue weighted by atomic mass is 19.4. The molecule has 1 heterocycles. The van der Waals surface area contributed by atoms with Crippen molar-refractivity contribution in [3.8, 4) is 5.75 Å². The average molecular weight is 404 g/mol. The van der Waals surface area contributed by atoms with Crippen molar-refractivity contribution < 1.29 is 27.4 Å². The zero-order chi connectivity index (χ0) is 21.0. The Kier molecular flexibility index (Phi) is 5.91. The van der Waals surface area contributed by atoms with Crippen molar-refractivity contribution in [3.63, 3.8) is 0 Å². The lowest BCUT2D eigenvalue weighted by molar-refractivity contribution is -0.137. The average Bonchev–Trinajstić information content (AvgIpc) is 2.71. The SMILES string of the molecule is CCOC(=O)c1cnc2cc(C(F)(F)F)ccc2c1NCc1ccc(OC)cc1. The first-order valence-corrected chi connectivity index (χ1v) is 8.87. The number of nitrogens with zero attached hydrogens (tertiary/aromatic N) is 1. The van der Waals surface area contributed by atoms with E-state index in [2.05, 4.69) is 10.3 Å². The first-order chi connectivity index (χ1) is 13.8. The highest BCUT2D eigenvalue weighted by Gasteiger charge is 2.31. The number of carbonyl (C=O) groups excluding carboxylic acids is 1. The molecule has 2 aromatic carbocycles. The van der Waals surface area contributed by atoms with E-state index >= 15 is 0 Å². The van der Waals surface area contributed by atoms with Crippen LogP contribution in [0.25, 0.3) is 10.9 Å². The minimum Gasteiger partial charge on any atom is -0.497 e. The van der Waals surface area contributed by atoms with Gasteiger partial charge in [-0.1, -0.05) is 18.2 Å². The van der Waals surface area contributed by atoms with Crippen molar-refractivity contribution in [2.45, 2.75) is 19.6 Å². The summed E-state index contributed by atoms with van der Waals surface area (Å²) in [5.74, 6) is 0.106. The van der Waals surface area contributed by atoms with Crippen LogP contribution < -0.4 is 10.1 Å². The number of methoxy groups -OCH3 is 1. The number of aromatic nitrogens is 1. The van der Waals surface area contributed by atoms with Crippen LogP contribution >= 0.6 is 0 Å². The lowest BCUT2D eigenvalue weighted by atomic mass is 10.1. The van der Waals surface area contributed by atoms with Gasteiger partial charge in [0.2, 0.25) is 0 Å². The topological polar surface area (TPSA) is 60.5 Å². The number of anilines is 1. The summed E-state index contributed by atoms with van der Waals surface area (Å²) in [4.78, 5) is 16.4. The Balaban J connectivity index is 2.01. The number of hydrogen-bond donors (Lipinski definition) is 1. The molecule has 0 saturated carbocycles. The maximum atomic E-state index is 13.0. The molecular weight excluding hydrogens is 385 g/mol. The molecule has 8 heteroatoms. The van der Waals surface area contributed by atoms with Crippen molar-refractivity contribution in [1.29, 1.82) is 0 Å². The van der Waals surface area contributed by atoms with E-state index in [1.165, 1.54) is 12.3 Å². The molecule has 0 unspecified atom stereocenters. The molecule has 0 aliphatic heterocycles. The molecule has 3 aromatic rings. The van der Waals surface area contributed by atoms with Crippen LogP contribution in [0.3, 0.4) is 0 Å². The third-order valence-corrected chi connectivity index (χ3v) is 4.32. The summed E-state index contributed by atoms with van der Waals surface area (Å²) in [6.45, 7) is 2.19. The number of fused-ring (bicyclic) bond motifs is 1. The second-order valence-corrected chi connectivity index (χ2v) is 6.20. The number of rotatable bonds is 6. The highest BCUT2D eigenvalue weighted by molar-refractivity contribution is 6.05. The van der Waals surface area contributed by atoms with Crippen LogP contribution in [0.4, 0.5) is 18.9 Å². The second-order valence-electron chi connectivity index (χ2n) is 6.20. The largest absolute Gasteiger partial charge is 0.497 e. The van der Waals surface area contributed by atoms with Crippen LogP contribution in [0.15, 0.2) is 48.7 Å². The van der Waals surface area contributed by atoms with E-state index in [9.17, 15) is 18.0 Å². The summed E-state index contributed by atoms with van der Waals surface area (Å²) in [6, 6.07) is 10.5. The van der Waals surface area contributed by atoms with E-state index in [-0.39, 0.29) is 17.7 Å². The Morgan fingerprint density at radius 2 is 1.86 bits per heavy atom. The number of ether oxygens (including phenoxy) is 2. The Morgan fingerprint density at radius 1 is 1.14 bits per heavy atom. The summed E-state index contributed by atoms with van der Waals surface area (Å²) < 4.78 is 49.3. The number of benzene rings is 2. The fourth-order valence-electron chi connectivity index (χ4n) is 2.86. The molecule has 0 bridgehead atoms. The molecule has 0 atom stereocenters. The lowest BCUT2D eigenvalue weighted by Gasteiger charge is -2.15. The Hall–Kier alpha value is -3.29. The maximum absolute atomic E-state index is 13.0. The van der Waals surface area contributed by atoms with Crippen molar-refractivity contribution in [2.75, 3.05) is 19.0 Å². The van der Waals surface area contributed by atoms with Gasteiger partial charge in [-0.2, -0.15) is 13.2 Å². The minimum atomic E-state index is -4.48. The van der Waals surface area contributed by atoms with E-state index in [4.69, 9.17) is 9.47 Å². The normalized spacial score (nSPS) is 11.3. The molecule has 0 fully saturated rings. The number of pyridine rings is 1. The first kappa shape index (κ1) is 20.4. The maximum Gasteiger partial charge on any atom is 0.416 e. The summed E-state index contributed by atoms with van der Waals surface area (Å²) in [6.07, 6.45) is -3.25. The van der Waals surface area contributed by atoms with Crippen molar-refractivity contribution >= 4 is 22.6 Å². The quantitative estimate of drug-likeness (QED) is 0.583. The highest BCUT2D eigenvalue weighted by Crippen LogP contribution is 2.34. The van der Waals surface area contributed by atoms with Gasteiger partial charge in [-0.15, -0.1) is 0 Å². The van der Waals surface area contributed by atoms with Crippen molar-refractivity contribution in [3.05, 3.63) is 65.4 Å². The fraction of sp³-hybridized carbons (Fsp3) is 0.238. The van der Waals surface area contributed by atoms with Crippen LogP contribution in [0.5, 0.6) is 5.75 Å². The molecule has 1 aromatic heterocycles. The third-order valence-electron chi connectivity index (χ3n) is 4.32. The van der Waals surface area contributed by atoms with Gasteiger partial charge in [-0.05, 0) is 36.8 Å². The van der Waals surface area contributed by atoms with Gasteiger partial charge in [0.25, 0.3) is 0 Å². The number of esters is 1. The van der Waals surface area contributed by atoms with Gasteiger partial charge in [0.15, 0.2) is 0 Å². The number of halogens is 3. The van der Waals surface area contributed by atoms with E-state index in [1.54, 1.807) is 26.2 Å². The predicted octanol–water partition coefficient (Wildman–Crippen LogP) is 5.05. The van der Waals surface area contributed by atoms with Gasteiger partial charge in [-0.3, -0.25) is 4.98 Å². The van der Waals surface area contributed by atoms with E-state index in [0.29, 0.717) is 23.4 Å². The molecule has 0 saturated heterocycles. The zero-order valence-electron chi connectivity index (χ0n) is 15.8. The molecule has 0 aliphatic carbocycles. The molecule has 0 amide bonds. The molecule has 0 radical (unpaired) electrons. The molecule has 1 N–H and O–H groups in total. The molecule has 152 valence electrons. The van der Waals surface area contributed by atoms with Crippen LogP contribution in [-0.4, -0.2) is 24.7 Å². The van der Waals surface area contributed by atoms with Crippen LogP contribution in [0.2, 0.25) is 0 Å². The van der Waals surface area contributed by atoms with E-state index in [1.807, 2.05) is 12.1 Å². The van der Waals surface area contributed by atoms with Gasteiger partial charge < -0.3 is 14.8 Å². The monoisotopic (exact) mass is 404 g/mol. The standard InChI is InChI=1S/C21H19F3N2O3/c1-3-29-20(27)17-12-25-18-10-14(21(22,23)24)6-9-16(18)19(17)26-11-13-4-7-15(28-2)8-5-13/h4-10,12H,3,11H2,1-2H3,(H,25,26). The summed E-state index contributed by atoms with van der Waals surface area (Å²) in [5.41, 5.74) is 0.760. The molecule has 29 heavy (non-hydrogen) atoms. The van der Waals surface area contributed by atoms with Crippen LogP contribution in [0.1, 0.15) is 28.4 Å². The number of alkyl halides is 3. The zero-order valence-corrected chi connectivity index (χ0v) is 15.8. The van der Waals surface area contributed by atoms with Gasteiger partial charge in [-0.25, -0.2) is 4.79 Å². The minimum absolute atomic E-state index is 0.130. The number of carbonyl (C=O) groups is 1. The van der Waals surface area contributed by atoms with Gasteiger partial charge in [0, 0.05) is 18.1 Å². The molecule has 0 spiro atoms. The first-order valence-electron chi connectivity index (χ1n) is 8.87. The molecule has 3 rings (SSSR count). The number of nitrogens with one attached hydrogen (secondary N) is 1. The van der Waals surface area contributed by atoms with Crippen LogP contribution in [-0.2, 0) is 17.5 Å². The summed E-state index contributed by atoms with van der Waals surface area (Å²) in [7, 11) is 1.57. The van der Waals surface area contributed by atoms with Gasteiger partial charge >= 0.3 is 12.1 Å². The van der Waals surface area contributed by atoms with Crippen LogP contribution in [0, 0.1) is 0 Å². The predicted molar refractivity (Wildman–Crippen MR) is 103 cm³/mol.